The molecule has 3 nitrogen and oxygen atoms in total. The van der Waals surface area contributed by atoms with Gasteiger partial charge in [0.05, 0.1) is 12.7 Å². The van der Waals surface area contributed by atoms with Crippen molar-refractivity contribution in [1.29, 1.82) is 0 Å². The van der Waals surface area contributed by atoms with Gasteiger partial charge < -0.3 is 9.57 Å². The summed E-state index contributed by atoms with van der Waals surface area (Å²) in [5, 5.41) is 3.21. The lowest BCUT2D eigenvalue weighted by molar-refractivity contribution is 0.209. The normalized spacial score (nSPS) is 11.3. The molecule has 0 bridgehead atoms. The van der Waals surface area contributed by atoms with Crippen LogP contribution >= 0.6 is 22.6 Å². The van der Waals surface area contributed by atoms with E-state index in [0.29, 0.717) is 11.3 Å². The standard InChI is InChI=1S/C9H9FINO2/c1-13-8-4-3-6(11)5-7(8)9(10)12-14-2/h3-5H,1-2H3/b12-9-. The maximum Gasteiger partial charge on any atom is 0.260 e. The monoisotopic (exact) mass is 309 g/mol. The Morgan fingerprint density at radius 1 is 1.43 bits per heavy atom. The quantitative estimate of drug-likeness (QED) is 0.488. The van der Waals surface area contributed by atoms with Crippen LogP contribution in [0, 0.1) is 3.57 Å². The first-order valence-electron chi connectivity index (χ1n) is 3.79. The zero-order valence-corrected chi connectivity index (χ0v) is 9.91. The third-order valence-electron chi connectivity index (χ3n) is 1.56. The van der Waals surface area contributed by atoms with E-state index in [0.717, 1.165) is 3.57 Å². The molecule has 1 aromatic rings. The number of rotatable bonds is 3. The Bertz CT molecular complexity index is 355. The highest BCUT2D eigenvalue weighted by atomic mass is 127. The minimum atomic E-state index is -0.692. The Morgan fingerprint density at radius 2 is 2.14 bits per heavy atom. The summed E-state index contributed by atoms with van der Waals surface area (Å²) in [7, 11) is 2.77. The maximum absolute atomic E-state index is 13.3. The van der Waals surface area contributed by atoms with Crippen LogP contribution in [0.2, 0.25) is 0 Å². The fourth-order valence-corrected chi connectivity index (χ4v) is 1.46. The number of halogens is 2. The number of nitrogens with zero attached hydrogens (tertiary/aromatic N) is 1. The van der Waals surface area contributed by atoms with Crippen molar-refractivity contribution in [3.05, 3.63) is 27.3 Å². The fraction of sp³-hybridized carbons (Fsp3) is 0.222. The van der Waals surface area contributed by atoms with Crippen molar-refractivity contribution < 1.29 is 14.0 Å². The van der Waals surface area contributed by atoms with Crippen LogP contribution in [0.15, 0.2) is 23.4 Å². The van der Waals surface area contributed by atoms with E-state index in [2.05, 4.69) is 32.6 Å². The van der Waals surface area contributed by atoms with Gasteiger partial charge in [-0.2, -0.15) is 4.39 Å². The number of hydrogen-bond donors (Lipinski definition) is 0. The van der Waals surface area contributed by atoms with E-state index in [1.807, 2.05) is 6.07 Å². The Morgan fingerprint density at radius 3 is 2.71 bits per heavy atom. The number of oxime groups is 1. The van der Waals surface area contributed by atoms with Gasteiger partial charge in [-0.1, -0.05) is 5.16 Å². The summed E-state index contributed by atoms with van der Waals surface area (Å²) in [6, 6.07) is 5.14. The van der Waals surface area contributed by atoms with Crippen molar-refractivity contribution in [2.45, 2.75) is 0 Å². The van der Waals surface area contributed by atoms with Crippen LogP contribution in [0.25, 0.3) is 0 Å². The molecule has 0 amide bonds. The number of ether oxygens (including phenoxy) is 1. The average molecular weight is 309 g/mol. The van der Waals surface area contributed by atoms with Crippen molar-refractivity contribution in [1.82, 2.24) is 0 Å². The molecule has 0 atom stereocenters. The van der Waals surface area contributed by atoms with Crippen LogP contribution in [0.3, 0.4) is 0 Å². The Hall–Kier alpha value is -0.850. The molecule has 0 aromatic heterocycles. The van der Waals surface area contributed by atoms with Gasteiger partial charge >= 0.3 is 0 Å². The van der Waals surface area contributed by atoms with Crippen LogP contribution in [0.4, 0.5) is 4.39 Å². The van der Waals surface area contributed by atoms with Crippen molar-refractivity contribution in [3.63, 3.8) is 0 Å². The molecule has 0 spiro atoms. The van der Waals surface area contributed by atoms with Gasteiger partial charge in [-0.05, 0) is 40.8 Å². The molecule has 0 N–H and O–H groups in total. The lowest BCUT2D eigenvalue weighted by atomic mass is 10.2. The number of hydrogen-bond acceptors (Lipinski definition) is 3. The zero-order valence-electron chi connectivity index (χ0n) is 7.75. The van der Waals surface area contributed by atoms with Gasteiger partial charge in [0, 0.05) is 3.57 Å². The maximum atomic E-state index is 13.3. The van der Waals surface area contributed by atoms with E-state index >= 15 is 0 Å². The number of benzene rings is 1. The van der Waals surface area contributed by atoms with Gasteiger partial charge in [-0.25, -0.2) is 0 Å². The Labute approximate surface area is 95.0 Å². The molecule has 0 radical (unpaired) electrons. The predicted molar refractivity (Wildman–Crippen MR) is 60.4 cm³/mol. The summed E-state index contributed by atoms with van der Waals surface area (Å²) >= 11 is 2.08. The lowest BCUT2D eigenvalue weighted by Gasteiger charge is -2.05. The van der Waals surface area contributed by atoms with E-state index in [1.165, 1.54) is 14.2 Å². The molecule has 0 aliphatic rings. The predicted octanol–water partition coefficient (Wildman–Crippen LogP) is 2.58. The molecule has 1 rings (SSSR count). The molecule has 0 aliphatic heterocycles. The Balaban J connectivity index is 3.16. The van der Waals surface area contributed by atoms with E-state index in [1.54, 1.807) is 12.1 Å². The van der Waals surface area contributed by atoms with Gasteiger partial charge in [0.2, 0.25) is 0 Å². The zero-order chi connectivity index (χ0) is 10.6. The van der Waals surface area contributed by atoms with Crippen molar-refractivity contribution in [2.75, 3.05) is 14.2 Å². The molecule has 0 saturated carbocycles. The SMILES string of the molecule is CO/N=C(\F)c1cc(I)ccc1OC. The molecule has 0 aliphatic carbocycles. The van der Waals surface area contributed by atoms with Gasteiger partial charge in [-0.3, -0.25) is 0 Å². The topological polar surface area (TPSA) is 30.8 Å². The summed E-state index contributed by atoms with van der Waals surface area (Å²) in [5.41, 5.74) is 0.293. The smallest absolute Gasteiger partial charge is 0.260 e. The molecule has 0 fully saturated rings. The summed E-state index contributed by atoms with van der Waals surface area (Å²) in [6.45, 7) is 0. The minimum absolute atomic E-state index is 0.293. The summed E-state index contributed by atoms with van der Waals surface area (Å²) in [5.74, 6) is -0.258. The second-order valence-electron chi connectivity index (χ2n) is 2.41. The Kier molecular flexibility index (Phi) is 4.12. The van der Waals surface area contributed by atoms with Crippen LogP contribution in [0.1, 0.15) is 5.56 Å². The van der Waals surface area contributed by atoms with E-state index in [4.69, 9.17) is 4.74 Å². The molecular formula is C9H9FINO2. The van der Waals surface area contributed by atoms with E-state index in [-0.39, 0.29) is 0 Å². The van der Waals surface area contributed by atoms with Gasteiger partial charge in [0.15, 0.2) is 0 Å². The molecule has 0 heterocycles. The lowest BCUT2D eigenvalue weighted by Crippen LogP contribution is -1.98. The first-order chi connectivity index (χ1) is 6.69. The molecule has 0 unspecified atom stereocenters. The van der Waals surface area contributed by atoms with Crippen molar-refractivity contribution >= 4 is 28.6 Å². The van der Waals surface area contributed by atoms with Crippen LogP contribution < -0.4 is 4.74 Å². The van der Waals surface area contributed by atoms with E-state index < -0.39 is 5.97 Å². The van der Waals surface area contributed by atoms with Crippen LogP contribution in [-0.4, -0.2) is 20.2 Å². The molecule has 0 saturated heterocycles. The summed E-state index contributed by atoms with van der Waals surface area (Å²) in [6.07, 6.45) is 0. The first kappa shape index (κ1) is 11.2. The second-order valence-corrected chi connectivity index (χ2v) is 3.65. The van der Waals surface area contributed by atoms with Gasteiger partial charge in [0.25, 0.3) is 5.97 Å². The number of methoxy groups -OCH3 is 1. The van der Waals surface area contributed by atoms with Gasteiger partial charge in [-0.15, -0.1) is 0 Å². The third kappa shape index (κ3) is 2.57. The van der Waals surface area contributed by atoms with Crippen LogP contribution in [0.5, 0.6) is 5.75 Å². The van der Waals surface area contributed by atoms with Crippen LogP contribution in [-0.2, 0) is 4.84 Å². The largest absolute Gasteiger partial charge is 0.496 e. The summed E-state index contributed by atoms with van der Waals surface area (Å²) in [4.78, 5) is 4.35. The average Bonchev–Trinajstić information content (AvgIpc) is 2.18. The highest BCUT2D eigenvalue weighted by molar-refractivity contribution is 14.1. The van der Waals surface area contributed by atoms with E-state index in [9.17, 15) is 4.39 Å². The molecule has 14 heavy (non-hydrogen) atoms. The second kappa shape index (κ2) is 5.14. The summed E-state index contributed by atoms with van der Waals surface area (Å²) < 4.78 is 19.2. The molecule has 5 heteroatoms. The van der Waals surface area contributed by atoms with Crippen molar-refractivity contribution in [3.8, 4) is 5.75 Å². The van der Waals surface area contributed by atoms with Crippen molar-refractivity contribution in [2.24, 2.45) is 5.16 Å². The molecular weight excluding hydrogens is 300 g/mol. The third-order valence-corrected chi connectivity index (χ3v) is 2.23. The highest BCUT2D eigenvalue weighted by Crippen LogP contribution is 2.22. The fourth-order valence-electron chi connectivity index (χ4n) is 0.971. The van der Waals surface area contributed by atoms with Gasteiger partial charge in [0.1, 0.15) is 12.9 Å². The first-order valence-corrected chi connectivity index (χ1v) is 4.87. The molecule has 1 aromatic carbocycles. The highest BCUT2D eigenvalue weighted by Gasteiger charge is 2.10. The molecule has 76 valence electrons. The minimum Gasteiger partial charge on any atom is -0.496 e.